The van der Waals surface area contributed by atoms with E-state index in [-0.39, 0.29) is 17.9 Å². The lowest BCUT2D eigenvalue weighted by atomic mass is 10.1. The van der Waals surface area contributed by atoms with Crippen molar-refractivity contribution in [3.8, 4) is 0 Å². The highest BCUT2D eigenvalue weighted by molar-refractivity contribution is 7.15. The molecule has 0 saturated carbocycles. The first kappa shape index (κ1) is 17.8. The summed E-state index contributed by atoms with van der Waals surface area (Å²) in [6.45, 7) is 9.56. The zero-order valence-electron chi connectivity index (χ0n) is 15.1. The summed E-state index contributed by atoms with van der Waals surface area (Å²) in [6, 6.07) is 3.97. The minimum Gasteiger partial charge on any atom is -0.368 e. The van der Waals surface area contributed by atoms with E-state index in [1.807, 2.05) is 50.9 Å². The molecule has 134 valence electrons. The highest BCUT2D eigenvalue weighted by Gasteiger charge is 2.27. The molecule has 0 bridgehead atoms. The Morgan fingerprint density at radius 1 is 1.40 bits per heavy atom. The normalized spacial score (nSPS) is 17.8. The Hall–Kier alpha value is -1.99. The summed E-state index contributed by atoms with van der Waals surface area (Å²) in [5.74, 6) is 0.159. The van der Waals surface area contributed by atoms with E-state index in [1.165, 1.54) is 0 Å². The molecule has 2 aromatic heterocycles. The third-order valence-corrected chi connectivity index (χ3v) is 4.88. The monoisotopic (exact) mass is 360 g/mol. The fraction of sp³-hybridized carbons (Fsp3) is 0.500. The van der Waals surface area contributed by atoms with E-state index in [9.17, 15) is 4.79 Å². The van der Waals surface area contributed by atoms with Gasteiger partial charge in [-0.05, 0) is 26.0 Å². The number of hydrogen-bond acceptors (Lipinski definition) is 6. The largest absolute Gasteiger partial charge is 0.368 e. The van der Waals surface area contributed by atoms with Gasteiger partial charge in [0.05, 0.1) is 18.8 Å². The van der Waals surface area contributed by atoms with Gasteiger partial charge in [-0.15, -0.1) is 11.3 Å². The van der Waals surface area contributed by atoms with E-state index in [4.69, 9.17) is 4.74 Å². The zero-order chi connectivity index (χ0) is 18.0. The summed E-state index contributed by atoms with van der Waals surface area (Å²) in [5, 5.41) is 4.19. The van der Waals surface area contributed by atoms with Gasteiger partial charge in [0.15, 0.2) is 5.13 Å². The Bertz CT molecular complexity index is 759. The van der Waals surface area contributed by atoms with Crippen LogP contribution < -0.4 is 5.32 Å². The maximum atomic E-state index is 12.3. The number of nitrogens with one attached hydrogen (secondary N) is 1. The second-order valence-electron chi connectivity index (χ2n) is 6.62. The Kier molecular flexibility index (Phi) is 5.34. The average molecular weight is 360 g/mol. The number of morpholine rings is 1. The van der Waals surface area contributed by atoms with Gasteiger partial charge >= 0.3 is 0 Å². The molecule has 0 aromatic carbocycles. The zero-order valence-corrected chi connectivity index (χ0v) is 15.9. The smallest absolute Gasteiger partial charge is 0.225 e. The van der Waals surface area contributed by atoms with Crippen LogP contribution >= 0.6 is 11.3 Å². The van der Waals surface area contributed by atoms with Gasteiger partial charge in [-0.2, -0.15) is 0 Å². The molecule has 1 saturated heterocycles. The minimum atomic E-state index is -0.199. The number of thiazole rings is 1. The number of ether oxygens (including phenoxy) is 1. The second kappa shape index (κ2) is 7.49. The molecule has 25 heavy (non-hydrogen) atoms. The fourth-order valence-electron chi connectivity index (χ4n) is 2.86. The maximum absolute atomic E-state index is 12.3. The van der Waals surface area contributed by atoms with E-state index in [0.717, 1.165) is 27.1 Å². The second-order valence-corrected chi connectivity index (χ2v) is 7.86. The van der Waals surface area contributed by atoms with Gasteiger partial charge in [0.25, 0.3) is 0 Å². The average Bonchev–Trinajstić information content (AvgIpc) is 2.98. The number of aryl methyl sites for hydroxylation is 2. The molecule has 3 rings (SSSR count). The summed E-state index contributed by atoms with van der Waals surface area (Å²) in [7, 11) is 0. The van der Waals surface area contributed by atoms with Crippen molar-refractivity contribution in [2.24, 2.45) is 5.92 Å². The van der Waals surface area contributed by atoms with Crippen molar-refractivity contribution in [2.45, 2.75) is 33.8 Å². The van der Waals surface area contributed by atoms with Crippen LogP contribution in [-0.4, -0.2) is 40.5 Å². The fourth-order valence-corrected chi connectivity index (χ4v) is 3.55. The molecule has 7 heteroatoms. The van der Waals surface area contributed by atoms with Crippen LogP contribution in [0.4, 0.5) is 10.8 Å². The summed E-state index contributed by atoms with van der Waals surface area (Å²) in [5.41, 5.74) is 2.69. The summed E-state index contributed by atoms with van der Waals surface area (Å²) in [4.78, 5) is 24.3. The number of amides is 1. The Morgan fingerprint density at radius 3 is 2.88 bits per heavy atom. The Balaban J connectivity index is 1.78. The number of rotatable bonds is 4. The van der Waals surface area contributed by atoms with E-state index in [1.54, 1.807) is 11.3 Å². The van der Waals surface area contributed by atoms with Crippen LogP contribution in [0.5, 0.6) is 0 Å². The van der Waals surface area contributed by atoms with Crippen LogP contribution in [-0.2, 0) is 9.53 Å². The van der Waals surface area contributed by atoms with Gasteiger partial charge in [-0.3, -0.25) is 9.78 Å². The third-order valence-electron chi connectivity index (χ3n) is 4.05. The highest BCUT2D eigenvalue weighted by Crippen LogP contribution is 2.27. The van der Waals surface area contributed by atoms with Gasteiger partial charge in [0.2, 0.25) is 5.91 Å². The topological polar surface area (TPSA) is 67.4 Å². The molecule has 1 aliphatic rings. The van der Waals surface area contributed by atoms with Crippen LogP contribution in [0.3, 0.4) is 0 Å². The maximum Gasteiger partial charge on any atom is 0.225 e. The van der Waals surface area contributed by atoms with Gasteiger partial charge < -0.3 is 15.0 Å². The molecule has 1 aliphatic heterocycles. The number of anilines is 2. The van der Waals surface area contributed by atoms with Crippen LogP contribution in [0.2, 0.25) is 0 Å². The van der Waals surface area contributed by atoms with Crippen molar-refractivity contribution < 1.29 is 9.53 Å². The van der Waals surface area contributed by atoms with Crippen molar-refractivity contribution >= 4 is 28.1 Å². The Labute approximate surface area is 152 Å². The third kappa shape index (κ3) is 4.35. The van der Waals surface area contributed by atoms with Crippen LogP contribution in [0.1, 0.15) is 36.2 Å². The van der Waals surface area contributed by atoms with E-state index < -0.39 is 0 Å². The number of carbonyl (C=O) groups excluding carboxylic acids is 1. The van der Waals surface area contributed by atoms with Crippen molar-refractivity contribution in [3.05, 3.63) is 34.6 Å². The van der Waals surface area contributed by atoms with Gasteiger partial charge in [-0.1, -0.05) is 13.8 Å². The molecule has 2 aromatic rings. The standard InChI is InChI=1S/C18H24N4O2S/c1-11(2)17(23)22-5-6-24-16(10-22)15-8-14(7-12(3)20-15)21-18-19-9-13(4)25-18/h7-9,11,16H,5-6,10H2,1-4H3,(H,19,20,21)/t16-/m1/s1. The highest BCUT2D eigenvalue weighted by atomic mass is 32.1. The molecule has 3 heterocycles. The Morgan fingerprint density at radius 2 is 2.20 bits per heavy atom. The van der Waals surface area contributed by atoms with Gasteiger partial charge in [-0.25, -0.2) is 4.98 Å². The molecule has 6 nitrogen and oxygen atoms in total. The molecular weight excluding hydrogens is 336 g/mol. The first-order valence-corrected chi connectivity index (χ1v) is 9.32. The van der Waals surface area contributed by atoms with Crippen LogP contribution in [0.15, 0.2) is 18.3 Å². The molecular formula is C18H24N4O2S. The van der Waals surface area contributed by atoms with E-state index in [0.29, 0.717) is 19.7 Å². The SMILES string of the molecule is Cc1cc(Nc2ncc(C)s2)cc([C@H]2CN(C(=O)C(C)C)CCO2)n1. The van der Waals surface area contributed by atoms with Crippen LogP contribution in [0.25, 0.3) is 0 Å². The number of hydrogen-bond donors (Lipinski definition) is 1. The molecule has 1 N–H and O–H groups in total. The molecule has 1 amide bonds. The number of carbonyl (C=O) groups is 1. The predicted molar refractivity (Wildman–Crippen MR) is 99.2 cm³/mol. The lowest BCUT2D eigenvalue weighted by molar-refractivity contribution is -0.142. The molecule has 1 atom stereocenters. The van der Waals surface area contributed by atoms with Gasteiger partial charge in [0.1, 0.15) is 6.10 Å². The molecule has 0 spiro atoms. The summed E-state index contributed by atoms with van der Waals surface area (Å²) < 4.78 is 5.89. The van der Waals surface area contributed by atoms with Crippen molar-refractivity contribution in [3.63, 3.8) is 0 Å². The first-order chi connectivity index (χ1) is 11.9. The van der Waals surface area contributed by atoms with Crippen molar-refractivity contribution in [2.75, 3.05) is 25.0 Å². The number of nitrogens with zero attached hydrogens (tertiary/aromatic N) is 3. The van der Waals surface area contributed by atoms with E-state index in [2.05, 4.69) is 15.3 Å². The number of pyridine rings is 1. The molecule has 0 aliphatic carbocycles. The number of aromatic nitrogens is 2. The molecule has 1 fully saturated rings. The predicted octanol–water partition coefficient (Wildman–Crippen LogP) is 3.45. The summed E-state index contributed by atoms with van der Waals surface area (Å²) in [6.07, 6.45) is 1.65. The molecule has 0 unspecified atom stereocenters. The molecule has 0 radical (unpaired) electrons. The lowest BCUT2D eigenvalue weighted by Gasteiger charge is -2.34. The van der Waals surface area contributed by atoms with Crippen LogP contribution in [0, 0.1) is 19.8 Å². The van der Waals surface area contributed by atoms with Gasteiger partial charge in [0, 0.05) is 34.9 Å². The lowest BCUT2D eigenvalue weighted by Crippen LogP contribution is -2.44. The van der Waals surface area contributed by atoms with E-state index >= 15 is 0 Å². The first-order valence-electron chi connectivity index (χ1n) is 8.51. The van der Waals surface area contributed by atoms with Crippen molar-refractivity contribution in [1.29, 1.82) is 0 Å². The quantitative estimate of drug-likeness (QED) is 0.904. The summed E-state index contributed by atoms with van der Waals surface area (Å²) >= 11 is 1.61. The minimum absolute atomic E-state index is 0.00501. The van der Waals surface area contributed by atoms with Crippen molar-refractivity contribution in [1.82, 2.24) is 14.9 Å².